The Balaban J connectivity index is 1.73. The molecule has 25 heavy (non-hydrogen) atoms. The maximum absolute atomic E-state index is 13.9. The molecule has 2 aromatic heterocycles. The number of hydrogen-bond donors (Lipinski definition) is 1. The van der Waals surface area contributed by atoms with Crippen molar-refractivity contribution in [3.63, 3.8) is 0 Å². The SMILES string of the molecule is OCc1ccc(-c2ccc3nnn(Cc4ccccc4F)c3n2)cc1. The van der Waals surface area contributed by atoms with E-state index in [1.165, 1.54) is 6.07 Å². The van der Waals surface area contributed by atoms with Gasteiger partial charge in [0.2, 0.25) is 0 Å². The summed E-state index contributed by atoms with van der Waals surface area (Å²) in [5, 5.41) is 17.3. The number of hydrogen-bond acceptors (Lipinski definition) is 4. The Bertz CT molecular complexity index is 1030. The molecule has 0 fully saturated rings. The number of benzene rings is 2. The van der Waals surface area contributed by atoms with Crippen LogP contribution in [0.3, 0.4) is 0 Å². The third kappa shape index (κ3) is 2.99. The lowest BCUT2D eigenvalue weighted by Gasteiger charge is -2.05. The molecule has 6 heteroatoms. The van der Waals surface area contributed by atoms with Crippen LogP contribution >= 0.6 is 0 Å². The van der Waals surface area contributed by atoms with E-state index in [4.69, 9.17) is 5.11 Å². The van der Waals surface area contributed by atoms with Gasteiger partial charge >= 0.3 is 0 Å². The average Bonchev–Trinajstić information content (AvgIpc) is 3.06. The van der Waals surface area contributed by atoms with Gasteiger partial charge in [0.15, 0.2) is 5.65 Å². The van der Waals surface area contributed by atoms with Gasteiger partial charge in [0.1, 0.15) is 11.3 Å². The highest BCUT2D eigenvalue weighted by atomic mass is 19.1. The Morgan fingerprint density at radius 1 is 0.960 bits per heavy atom. The molecule has 0 saturated carbocycles. The molecule has 0 aliphatic heterocycles. The Kier molecular flexibility index (Phi) is 3.95. The quantitative estimate of drug-likeness (QED) is 0.623. The lowest BCUT2D eigenvalue weighted by atomic mass is 10.1. The molecule has 4 rings (SSSR count). The highest BCUT2D eigenvalue weighted by Gasteiger charge is 2.11. The smallest absolute Gasteiger partial charge is 0.179 e. The van der Waals surface area contributed by atoms with Gasteiger partial charge < -0.3 is 5.11 Å². The molecule has 0 amide bonds. The molecule has 0 saturated heterocycles. The number of halogens is 1. The number of aliphatic hydroxyl groups excluding tert-OH is 1. The second-order valence-electron chi connectivity index (χ2n) is 5.73. The van der Waals surface area contributed by atoms with E-state index < -0.39 is 0 Å². The second kappa shape index (κ2) is 6.41. The second-order valence-corrected chi connectivity index (χ2v) is 5.73. The van der Waals surface area contributed by atoms with Gasteiger partial charge in [-0.1, -0.05) is 47.7 Å². The summed E-state index contributed by atoms with van der Waals surface area (Å²) in [7, 11) is 0. The van der Waals surface area contributed by atoms with Gasteiger partial charge in [0, 0.05) is 11.1 Å². The molecule has 0 aliphatic rings. The van der Waals surface area contributed by atoms with E-state index in [2.05, 4.69) is 15.3 Å². The van der Waals surface area contributed by atoms with Crippen LogP contribution < -0.4 is 0 Å². The number of aromatic nitrogens is 4. The van der Waals surface area contributed by atoms with Crippen molar-refractivity contribution in [2.45, 2.75) is 13.2 Å². The molecule has 2 aromatic carbocycles. The molecule has 0 atom stereocenters. The maximum atomic E-state index is 13.9. The van der Waals surface area contributed by atoms with E-state index in [0.717, 1.165) is 16.8 Å². The molecular weight excluding hydrogens is 319 g/mol. The van der Waals surface area contributed by atoms with Gasteiger partial charge in [0.05, 0.1) is 18.8 Å². The van der Waals surface area contributed by atoms with Crippen molar-refractivity contribution in [2.75, 3.05) is 0 Å². The van der Waals surface area contributed by atoms with Crippen molar-refractivity contribution in [2.24, 2.45) is 0 Å². The van der Waals surface area contributed by atoms with Crippen LogP contribution in [0.4, 0.5) is 4.39 Å². The van der Waals surface area contributed by atoms with Crippen molar-refractivity contribution < 1.29 is 9.50 Å². The molecule has 0 radical (unpaired) electrons. The monoisotopic (exact) mass is 334 g/mol. The van der Waals surface area contributed by atoms with Crippen molar-refractivity contribution in [3.8, 4) is 11.3 Å². The van der Waals surface area contributed by atoms with Gasteiger partial charge in [-0.05, 0) is 23.8 Å². The minimum absolute atomic E-state index is 0.00603. The highest BCUT2D eigenvalue weighted by molar-refractivity contribution is 5.74. The Hall–Kier alpha value is -3.12. The normalized spacial score (nSPS) is 11.1. The minimum atomic E-state index is -0.276. The maximum Gasteiger partial charge on any atom is 0.179 e. The molecule has 124 valence electrons. The number of fused-ring (bicyclic) bond motifs is 1. The van der Waals surface area contributed by atoms with Gasteiger partial charge in [-0.25, -0.2) is 14.1 Å². The van der Waals surface area contributed by atoms with Crippen LogP contribution in [0.5, 0.6) is 0 Å². The number of aliphatic hydroxyl groups is 1. The van der Waals surface area contributed by atoms with Crippen molar-refractivity contribution in [1.29, 1.82) is 0 Å². The van der Waals surface area contributed by atoms with E-state index in [1.54, 1.807) is 22.9 Å². The van der Waals surface area contributed by atoms with Crippen molar-refractivity contribution in [1.82, 2.24) is 20.0 Å². The van der Waals surface area contributed by atoms with E-state index in [-0.39, 0.29) is 19.0 Å². The average molecular weight is 334 g/mol. The largest absolute Gasteiger partial charge is 0.392 e. The molecular formula is C19H15FN4O. The van der Waals surface area contributed by atoms with Gasteiger partial charge in [0.25, 0.3) is 0 Å². The summed E-state index contributed by atoms with van der Waals surface area (Å²) < 4.78 is 15.5. The van der Waals surface area contributed by atoms with Crippen molar-refractivity contribution >= 4 is 11.2 Å². The standard InChI is InChI=1S/C19H15FN4O/c20-16-4-2-1-3-15(16)11-24-19-18(22-23-24)10-9-17(21-19)14-7-5-13(12-25)6-8-14/h1-10,25H,11-12H2. The minimum Gasteiger partial charge on any atom is -0.392 e. The van der Waals surface area contributed by atoms with E-state index in [1.807, 2.05) is 36.4 Å². The van der Waals surface area contributed by atoms with Crippen LogP contribution in [0.15, 0.2) is 60.7 Å². The fourth-order valence-electron chi connectivity index (χ4n) is 2.69. The third-order valence-corrected chi connectivity index (χ3v) is 4.07. The van der Waals surface area contributed by atoms with Crippen LogP contribution in [0, 0.1) is 5.82 Å². The van der Waals surface area contributed by atoms with Crippen LogP contribution in [-0.2, 0) is 13.2 Å². The van der Waals surface area contributed by atoms with Gasteiger partial charge in [-0.15, -0.1) is 5.10 Å². The first-order valence-electron chi connectivity index (χ1n) is 7.88. The molecule has 0 unspecified atom stereocenters. The van der Waals surface area contributed by atoms with E-state index in [0.29, 0.717) is 16.7 Å². The lowest BCUT2D eigenvalue weighted by molar-refractivity contribution is 0.282. The summed E-state index contributed by atoms with van der Waals surface area (Å²) >= 11 is 0. The first-order valence-corrected chi connectivity index (χ1v) is 7.88. The number of pyridine rings is 1. The molecule has 0 bridgehead atoms. The van der Waals surface area contributed by atoms with Crippen LogP contribution in [0.25, 0.3) is 22.4 Å². The zero-order valence-corrected chi connectivity index (χ0v) is 13.3. The molecule has 2 heterocycles. The molecule has 4 aromatic rings. The predicted octanol–water partition coefficient (Wildman–Crippen LogP) is 3.17. The summed E-state index contributed by atoms with van der Waals surface area (Å²) in [6.45, 7) is 0.273. The fraction of sp³-hybridized carbons (Fsp3) is 0.105. The Labute approximate surface area is 143 Å². The summed E-state index contributed by atoms with van der Waals surface area (Å²) in [5.74, 6) is -0.276. The highest BCUT2D eigenvalue weighted by Crippen LogP contribution is 2.21. The van der Waals surface area contributed by atoms with Gasteiger partial charge in [-0.3, -0.25) is 0 Å². The Morgan fingerprint density at radius 3 is 2.52 bits per heavy atom. The molecule has 1 N–H and O–H groups in total. The van der Waals surface area contributed by atoms with Gasteiger partial charge in [-0.2, -0.15) is 0 Å². The lowest BCUT2D eigenvalue weighted by Crippen LogP contribution is -2.05. The van der Waals surface area contributed by atoms with Crippen LogP contribution in [0.2, 0.25) is 0 Å². The molecule has 5 nitrogen and oxygen atoms in total. The van der Waals surface area contributed by atoms with E-state index in [9.17, 15) is 4.39 Å². The molecule has 0 aliphatic carbocycles. The van der Waals surface area contributed by atoms with E-state index >= 15 is 0 Å². The topological polar surface area (TPSA) is 63.8 Å². The predicted molar refractivity (Wildman–Crippen MR) is 92.2 cm³/mol. The Morgan fingerprint density at radius 2 is 1.76 bits per heavy atom. The third-order valence-electron chi connectivity index (χ3n) is 4.07. The first-order chi connectivity index (χ1) is 12.2. The number of rotatable bonds is 4. The fourth-order valence-corrected chi connectivity index (χ4v) is 2.69. The zero-order chi connectivity index (χ0) is 17.2. The summed E-state index contributed by atoms with van der Waals surface area (Å²) in [6.07, 6.45) is 0. The van der Waals surface area contributed by atoms with Crippen LogP contribution in [-0.4, -0.2) is 25.1 Å². The van der Waals surface area contributed by atoms with Crippen LogP contribution in [0.1, 0.15) is 11.1 Å². The summed E-state index contributed by atoms with van der Waals surface area (Å²) in [4.78, 5) is 4.64. The molecule has 0 spiro atoms. The summed E-state index contributed by atoms with van der Waals surface area (Å²) in [6, 6.07) is 17.8. The van der Waals surface area contributed by atoms with Crippen molar-refractivity contribution in [3.05, 3.63) is 77.6 Å². The summed E-state index contributed by atoms with van der Waals surface area (Å²) in [5.41, 5.74) is 4.34. The number of nitrogens with zero attached hydrogens (tertiary/aromatic N) is 4. The first kappa shape index (κ1) is 15.4. The zero-order valence-electron chi connectivity index (χ0n) is 13.3.